The van der Waals surface area contributed by atoms with Crippen LogP contribution in [0.3, 0.4) is 0 Å². The number of carbonyl (C=O) groups is 1. The molecule has 1 amide bonds. The zero-order valence-corrected chi connectivity index (χ0v) is 53.5. The second kappa shape index (κ2) is 30.1. The smallest absolute Gasteiger partial charge is 0.246 e. The number of carbonyl (C=O) groups excluding carboxylic acids is 1. The van der Waals surface area contributed by atoms with E-state index in [9.17, 15) is 21.6 Å². The van der Waals surface area contributed by atoms with Gasteiger partial charge in [-0.25, -0.2) is 65.5 Å². The van der Waals surface area contributed by atoms with Crippen molar-refractivity contribution in [2.75, 3.05) is 50.9 Å². The number of nitrogens with one attached hydrogen (secondary N) is 1. The Morgan fingerprint density at radius 2 is 0.821 bits per heavy atom. The van der Waals surface area contributed by atoms with Crippen molar-refractivity contribution in [3.63, 3.8) is 0 Å². The van der Waals surface area contributed by atoms with Crippen molar-refractivity contribution in [2.24, 2.45) is 0 Å². The summed E-state index contributed by atoms with van der Waals surface area (Å²) in [5.41, 5.74) is 24.5. The summed E-state index contributed by atoms with van der Waals surface area (Å²) in [6, 6.07) is 51.1. The maximum absolute atomic E-state index is 12.0. The summed E-state index contributed by atoms with van der Waals surface area (Å²) in [7, 11) is -3.81. The normalized spacial score (nSPS) is 11.5. The summed E-state index contributed by atoms with van der Waals surface area (Å²) in [6.45, 7) is 10.3. The number of para-hydroxylation sites is 3. The minimum absolute atomic E-state index is 0.0627. The first-order valence-corrected chi connectivity index (χ1v) is 32.5. The first-order chi connectivity index (χ1) is 45.9. The Bertz CT molecular complexity index is 4910. The summed E-state index contributed by atoms with van der Waals surface area (Å²) in [4.78, 5) is 39.0. The molecule has 0 saturated carbocycles. The lowest BCUT2D eigenvalue weighted by Gasteiger charge is -2.15. The fourth-order valence-electron chi connectivity index (χ4n) is 9.55. The SMILES string of the molecule is C/C=C/C(=O)N(C)CCn1nc(-c2ccc(Oc3ccccc3)cc2)c2c(N)ncnc21.C=CS(=O)(=O)N(C)CCn1nc(-c2ccc(Oc3ccccc3)cc2)c2c(N)ncnc21.C=CS(=O)(=O)NCCn1nc(-c2ccc(Oc3ccccc3)cc2)c2c(N)ncnc21. The van der Waals surface area contributed by atoms with E-state index in [1.54, 1.807) is 32.1 Å². The highest BCUT2D eigenvalue weighted by atomic mass is 32.2. The monoisotopic (exact) mass is 1310 g/mol. The molecule has 0 atom stereocenters. The van der Waals surface area contributed by atoms with Crippen LogP contribution in [0.2, 0.25) is 0 Å². The Hall–Kier alpha value is -11.7. The molecule has 0 aliphatic heterocycles. The third-order valence-corrected chi connectivity index (χ3v) is 17.0. The number of ether oxygens (including phenoxy) is 3. The van der Waals surface area contributed by atoms with Gasteiger partial charge in [-0.2, -0.15) is 19.6 Å². The molecule has 95 heavy (non-hydrogen) atoms. The lowest BCUT2D eigenvalue weighted by molar-refractivity contribution is -0.124. The molecule has 7 N–H and O–H groups in total. The van der Waals surface area contributed by atoms with Crippen LogP contribution < -0.4 is 36.1 Å². The Morgan fingerprint density at radius 3 is 1.16 bits per heavy atom. The summed E-state index contributed by atoms with van der Waals surface area (Å²) < 4.78 is 73.2. The number of nitrogens with two attached hydrogens (primary N) is 3. The van der Waals surface area contributed by atoms with Gasteiger partial charge in [-0.3, -0.25) is 4.79 Å². The van der Waals surface area contributed by atoms with E-state index >= 15 is 0 Å². The molecule has 0 bridgehead atoms. The van der Waals surface area contributed by atoms with E-state index in [1.165, 1.54) is 36.4 Å². The van der Waals surface area contributed by atoms with Crippen molar-refractivity contribution in [2.45, 2.75) is 26.6 Å². The van der Waals surface area contributed by atoms with Crippen molar-refractivity contribution in [3.8, 4) is 68.3 Å². The highest BCUT2D eigenvalue weighted by Crippen LogP contribution is 2.36. The van der Waals surface area contributed by atoms with Gasteiger partial charge >= 0.3 is 0 Å². The summed E-state index contributed by atoms with van der Waals surface area (Å²) in [5, 5.41) is 17.7. The van der Waals surface area contributed by atoms with Crippen LogP contribution in [0.5, 0.6) is 34.5 Å². The van der Waals surface area contributed by atoms with Crippen molar-refractivity contribution in [1.82, 2.24) is 73.2 Å². The van der Waals surface area contributed by atoms with Gasteiger partial charge < -0.3 is 36.3 Å². The standard InChI is InChI=1S/C24H24N6O2.C22H22N6O3S.C21H20N6O3S/c1-3-7-20(31)29(2)14-15-30-24-21(23(25)26-16-27-24)22(28-30)17-10-12-19(13-11-17)32-18-8-5-4-6-9-18;1-3-32(29,30)27(2)13-14-28-22-19(21(23)24-15-25-22)20(26-28)16-9-11-18(12-10-16)31-17-7-5-4-6-8-17;1-2-31(28,29)25-12-13-27-21-18(20(22)23-14-24-21)19(26-27)15-8-10-17(11-9-15)30-16-6-4-3-5-7-16/h3-13,16H,14-15H2,1-2H3,(H2,25,26,27);3-12,15H,1,13-14H2,2H3,(H2,23,24,25);2-11,14,25H,1,12-13H2,(H2,22,23,24)/b7-3+;;. The maximum atomic E-state index is 12.0. The molecule has 0 radical (unpaired) electrons. The van der Waals surface area contributed by atoms with E-state index < -0.39 is 20.0 Å². The highest BCUT2D eigenvalue weighted by Gasteiger charge is 2.22. The number of allylic oxidation sites excluding steroid dienone is 1. The predicted octanol–water partition coefficient (Wildman–Crippen LogP) is 10.1. The number of nitrogens with zero attached hydrogens (tertiary/aromatic N) is 14. The van der Waals surface area contributed by atoms with E-state index in [0.717, 1.165) is 50.5 Å². The quantitative estimate of drug-likeness (QED) is 0.0432. The van der Waals surface area contributed by atoms with Gasteiger partial charge in [0.05, 0.1) is 35.8 Å². The molecule has 12 aromatic rings. The third-order valence-electron chi connectivity index (χ3n) is 14.4. The molecule has 6 heterocycles. The Morgan fingerprint density at radius 1 is 0.484 bits per heavy atom. The zero-order chi connectivity index (χ0) is 67.1. The number of fused-ring (bicyclic) bond motifs is 3. The van der Waals surface area contributed by atoms with E-state index in [1.807, 2.05) is 171 Å². The Kier molecular flexibility index (Phi) is 21.0. The molecule has 484 valence electrons. The molecule has 6 aromatic carbocycles. The number of benzene rings is 6. The van der Waals surface area contributed by atoms with Gasteiger partial charge in [-0.05, 0) is 122 Å². The van der Waals surface area contributed by atoms with E-state index in [-0.39, 0.29) is 32.1 Å². The van der Waals surface area contributed by atoms with Gasteiger partial charge in [-0.1, -0.05) is 73.8 Å². The van der Waals surface area contributed by atoms with Gasteiger partial charge in [0, 0.05) is 61.2 Å². The molecule has 0 spiro atoms. The number of hydrogen-bond acceptors (Lipinski definition) is 20. The first-order valence-electron chi connectivity index (χ1n) is 29.4. The molecular weight excluding hydrogens is 1250 g/mol. The number of rotatable bonds is 23. The minimum atomic E-state index is -3.53. The van der Waals surface area contributed by atoms with Gasteiger partial charge in [0.1, 0.15) is 88.0 Å². The number of amides is 1. The number of likely N-dealkylation sites (N-methyl/N-ethyl adjacent to an activating group) is 2. The van der Waals surface area contributed by atoms with Crippen LogP contribution in [0.25, 0.3) is 66.9 Å². The van der Waals surface area contributed by atoms with Crippen LogP contribution in [0.4, 0.5) is 17.5 Å². The van der Waals surface area contributed by atoms with Gasteiger partial charge in [0.25, 0.3) is 0 Å². The molecule has 0 unspecified atom stereocenters. The van der Waals surface area contributed by atoms with Gasteiger partial charge in [0.2, 0.25) is 26.0 Å². The number of anilines is 3. The van der Waals surface area contributed by atoms with Crippen molar-refractivity contribution >= 4 is 76.5 Å². The van der Waals surface area contributed by atoms with Crippen LogP contribution in [0.15, 0.2) is 219 Å². The summed E-state index contributed by atoms with van der Waals surface area (Å²) >= 11 is 0. The molecule has 12 rings (SSSR count). The van der Waals surface area contributed by atoms with Gasteiger partial charge in [-0.15, -0.1) is 0 Å². The molecule has 28 heteroatoms. The van der Waals surface area contributed by atoms with Crippen LogP contribution in [0.1, 0.15) is 6.92 Å². The molecule has 26 nitrogen and oxygen atoms in total. The number of sulfonamides is 2. The lowest BCUT2D eigenvalue weighted by Crippen LogP contribution is -2.28. The predicted molar refractivity (Wildman–Crippen MR) is 366 cm³/mol. The van der Waals surface area contributed by atoms with Crippen molar-refractivity contribution < 1.29 is 35.8 Å². The fraction of sp³-hybridized carbons (Fsp3) is 0.134. The molecular formula is C67H66N18O8S2. The maximum Gasteiger partial charge on any atom is 0.246 e. The topological polar surface area (TPSA) is 340 Å². The number of nitrogen functional groups attached to an aromatic ring is 3. The number of hydrogen-bond donors (Lipinski definition) is 4. The molecule has 6 aromatic heterocycles. The Labute approximate surface area is 547 Å². The average Bonchev–Trinajstić information content (AvgIpc) is 1.65. The Balaban J connectivity index is 0.000000155. The largest absolute Gasteiger partial charge is 0.457 e. The average molecular weight is 1320 g/mol. The van der Waals surface area contributed by atoms with Crippen molar-refractivity contribution in [3.05, 3.63) is 219 Å². The van der Waals surface area contributed by atoms with E-state index in [4.69, 9.17) is 36.5 Å². The van der Waals surface area contributed by atoms with Crippen molar-refractivity contribution in [1.29, 1.82) is 0 Å². The van der Waals surface area contributed by atoms with Gasteiger partial charge in [0.15, 0.2) is 16.9 Å². The second-order valence-corrected chi connectivity index (χ2v) is 24.5. The van der Waals surface area contributed by atoms with Crippen LogP contribution in [-0.2, 0) is 44.5 Å². The molecule has 0 aliphatic rings. The van der Waals surface area contributed by atoms with Crippen LogP contribution in [-0.4, -0.2) is 125 Å². The van der Waals surface area contributed by atoms with Crippen LogP contribution in [0, 0.1) is 0 Å². The summed E-state index contributed by atoms with van der Waals surface area (Å²) in [6.07, 6.45) is 7.39. The molecule has 0 fully saturated rings. The lowest BCUT2D eigenvalue weighted by atomic mass is 10.1. The molecule has 0 saturated heterocycles. The minimum Gasteiger partial charge on any atom is -0.457 e. The zero-order valence-electron chi connectivity index (χ0n) is 51.9. The summed E-state index contributed by atoms with van der Waals surface area (Å²) in [5.74, 6) is 5.23. The van der Waals surface area contributed by atoms with E-state index in [0.29, 0.717) is 92.2 Å². The first kappa shape index (κ1) is 66.2. The fourth-order valence-corrected chi connectivity index (χ4v) is 10.6. The van der Waals surface area contributed by atoms with Crippen LogP contribution >= 0.6 is 0 Å². The molecule has 0 aliphatic carbocycles. The van der Waals surface area contributed by atoms with E-state index in [2.05, 4.69) is 58.0 Å². The highest BCUT2D eigenvalue weighted by molar-refractivity contribution is 7.92. The third kappa shape index (κ3) is 16.3. The second-order valence-electron chi connectivity index (χ2n) is 20.8. The number of aromatic nitrogens is 12.